The van der Waals surface area contributed by atoms with Gasteiger partial charge in [-0.25, -0.2) is 0 Å². The third-order valence-electron chi connectivity index (χ3n) is 2.90. The van der Waals surface area contributed by atoms with Gasteiger partial charge < -0.3 is 15.1 Å². The first-order valence-corrected chi connectivity index (χ1v) is 6.76. The number of benzene rings is 1. The summed E-state index contributed by atoms with van der Waals surface area (Å²) < 4.78 is 4.93. The van der Waals surface area contributed by atoms with Gasteiger partial charge in [0.05, 0.1) is 18.4 Å². The average molecular weight is 303 g/mol. The molecule has 2 N–H and O–H groups in total. The zero-order valence-electron chi connectivity index (χ0n) is 11.6. The monoisotopic (exact) mass is 302 g/mol. The van der Waals surface area contributed by atoms with E-state index in [1.165, 1.54) is 6.26 Å². The summed E-state index contributed by atoms with van der Waals surface area (Å²) in [5.41, 5.74) is 7.60. The van der Waals surface area contributed by atoms with Crippen molar-refractivity contribution in [3.63, 3.8) is 0 Å². The molecule has 0 aliphatic carbocycles. The molecule has 1 aromatic heterocycles. The molecule has 1 amide bonds. The van der Waals surface area contributed by atoms with E-state index in [0.717, 1.165) is 11.1 Å². The summed E-state index contributed by atoms with van der Waals surface area (Å²) in [4.78, 5) is 13.8. The summed E-state index contributed by atoms with van der Waals surface area (Å²) in [6.07, 6.45) is 1.40. The molecule has 0 radical (unpaired) electrons. The number of carbonyl (C=O) groups is 1. The Kier molecular flexibility index (Phi) is 5.04. The number of halogens is 1. The lowest BCUT2D eigenvalue weighted by Gasteiger charge is -2.16. The van der Waals surface area contributed by atoms with Crippen LogP contribution in [-0.4, -0.2) is 24.4 Å². The smallest absolute Gasteiger partial charge is 0.258 e. The van der Waals surface area contributed by atoms with Crippen LogP contribution < -0.4 is 5.73 Å². The largest absolute Gasteiger partial charge is 0.452 e. The van der Waals surface area contributed by atoms with Gasteiger partial charge in [-0.2, -0.15) is 0 Å². The van der Waals surface area contributed by atoms with Crippen LogP contribution in [-0.2, 0) is 6.54 Å². The molecule has 108 valence electrons. The molecular weight excluding hydrogens is 288 g/mol. The Morgan fingerprint density at radius 2 is 2.05 bits per heavy atom. The second-order valence-corrected chi connectivity index (χ2v) is 4.82. The van der Waals surface area contributed by atoms with Crippen molar-refractivity contribution < 1.29 is 9.21 Å². The number of amides is 1. The topological polar surface area (TPSA) is 59.5 Å². The number of nitrogens with two attached hydrogens (primary N) is 1. The van der Waals surface area contributed by atoms with Gasteiger partial charge in [-0.15, -0.1) is 0 Å². The van der Waals surface area contributed by atoms with Crippen molar-refractivity contribution in [2.45, 2.75) is 6.54 Å². The van der Waals surface area contributed by atoms with E-state index < -0.39 is 0 Å². The molecule has 0 unspecified atom stereocenters. The van der Waals surface area contributed by atoms with E-state index in [0.29, 0.717) is 18.7 Å². The Morgan fingerprint density at radius 1 is 1.33 bits per heavy atom. The van der Waals surface area contributed by atoms with Crippen molar-refractivity contribution in [3.05, 3.63) is 58.5 Å². The van der Waals surface area contributed by atoms with E-state index in [9.17, 15) is 4.79 Å². The number of hydrogen-bond acceptors (Lipinski definition) is 3. The quantitative estimate of drug-likeness (QED) is 0.886. The van der Waals surface area contributed by atoms with Crippen LogP contribution >= 0.6 is 11.6 Å². The number of furan rings is 1. The summed E-state index contributed by atoms with van der Waals surface area (Å²) in [6.45, 7) is 0.815. The van der Waals surface area contributed by atoms with Crippen molar-refractivity contribution in [2.24, 2.45) is 5.73 Å². The van der Waals surface area contributed by atoms with Gasteiger partial charge >= 0.3 is 0 Å². The van der Waals surface area contributed by atoms with Crippen LogP contribution in [0.2, 0.25) is 5.22 Å². The maximum Gasteiger partial charge on any atom is 0.258 e. The Hall–Kier alpha value is -2.22. The molecule has 1 heterocycles. The molecule has 2 rings (SSSR count). The minimum atomic E-state index is -0.180. The fraction of sp³-hybridized carbons (Fsp3) is 0.188. The van der Waals surface area contributed by atoms with Crippen LogP contribution in [0.25, 0.3) is 0 Å². The third-order valence-corrected chi connectivity index (χ3v) is 3.20. The molecule has 0 aliphatic heterocycles. The maximum absolute atomic E-state index is 12.2. The Morgan fingerprint density at radius 3 is 2.62 bits per heavy atom. The van der Waals surface area contributed by atoms with Gasteiger partial charge in [-0.05, 0) is 35.4 Å². The van der Waals surface area contributed by atoms with Crippen molar-refractivity contribution in [2.75, 3.05) is 13.6 Å². The van der Waals surface area contributed by atoms with Gasteiger partial charge in [0.1, 0.15) is 0 Å². The molecule has 4 nitrogen and oxygen atoms in total. The Bertz CT molecular complexity index is 680. The highest BCUT2D eigenvalue weighted by atomic mass is 35.5. The first kappa shape index (κ1) is 15.2. The molecule has 1 aromatic carbocycles. The number of carbonyl (C=O) groups excluding carboxylic acids is 1. The van der Waals surface area contributed by atoms with Crippen LogP contribution in [0.4, 0.5) is 0 Å². The molecule has 2 aromatic rings. The summed E-state index contributed by atoms with van der Waals surface area (Å²) >= 11 is 5.81. The van der Waals surface area contributed by atoms with Crippen LogP contribution in [0, 0.1) is 11.8 Å². The predicted molar refractivity (Wildman–Crippen MR) is 81.9 cm³/mol. The first-order valence-electron chi connectivity index (χ1n) is 6.38. The van der Waals surface area contributed by atoms with Gasteiger partial charge in [0.25, 0.3) is 5.91 Å². The molecule has 0 atom stereocenters. The van der Waals surface area contributed by atoms with Crippen molar-refractivity contribution in [1.82, 2.24) is 4.90 Å². The van der Waals surface area contributed by atoms with Crippen molar-refractivity contribution in [1.29, 1.82) is 0 Å². The minimum absolute atomic E-state index is 0.110. The van der Waals surface area contributed by atoms with E-state index >= 15 is 0 Å². The molecule has 0 spiro atoms. The molecule has 0 saturated heterocycles. The van der Waals surface area contributed by atoms with Crippen LogP contribution in [0.5, 0.6) is 0 Å². The lowest BCUT2D eigenvalue weighted by atomic mass is 10.1. The predicted octanol–water partition coefficient (Wildman–Crippen LogP) is 2.52. The lowest BCUT2D eigenvalue weighted by Crippen LogP contribution is -2.26. The van der Waals surface area contributed by atoms with Crippen molar-refractivity contribution >= 4 is 17.5 Å². The zero-order chi connectivity index (χ0) is 15.2. The summed E-state index contributed by atoms with van der Waals surface area (Å²) in [5, 5.41) is 0.110. The maximum atomic E-state index is 12.2. The van der Waals surface area contributed by atoms with Gasteiger partial charge in [-0.3, -0.25) is 4.79 Å². The minimum Gasteiger partial charge on any atom is -0.452 e. The Balaban J connectivity index is 2.04. The van der Waals surface area contributed by atoms with Crippen molar-refractivity contribution in [3.8, 4) is 11.8 Å². The highest BCUT2D eigenvalue weighted by Crippen LogP contribution is 2.19. The number of rotatable bonds is 3. The first-order chi connectivity index (χ1) is 10.1. The summed E-state index contributed by atoms with van der Waals surface area (Å²) in [6, 6.07) is 9.23. The fourth-order valence-electron chi connectivity index (χ4n) is 1.84. The second-order valence-electron chi connectivity index (χ2n) is 4.47. The van der Waals surface area contributed by atoms with E-state index in [-0.39, 0.29) is 11.1 Å². The van der Waals surface area contributed by atoms with Gasteiger partial charge in [0.2, 0.25) is 5.22 Å². The summed E-state index contributed by atoms with van der Waals surface area (Å²) in [7, 11) is 1.72. The van der Waals surface area contributed by atoms with E-state index in [2.05, 4.69) is 11.8 Å². The molecule has 0 fully saturated rings. The Labute approximate surface area is 128 Å². The molecule has 21 heavy (non-hydrogen) atoms. The third kappa shape index (κ3) is 3.88. The molecular formula is C16H15ClN2O2. The highest BCUT2D eigenvalue weighted by molar-refractivity contribution is 6.32. The highest BCUT2D eigenvalue weighted by Gasteiger charge is 2.17. The lowest BCUT2D eigenvalue weighted by molar-refractivity contribution is 0.0784. The van der Waals surface area contributed by atoms with E-state index in [4.69, 9.17) is 21.8 Å². The van der Waals surface area contributed by atoms with Gasteiger partial charge in [0.15, 0.2) is 0 Å². The number of nitrogens with zero attached hydrogens (tertiary/aromatic N) is 1. The standard InChI is InChI=1S/C16H15ClN2O2/c1-19(16(20)14-8-10-21-15(14)17)11-13-6-4-12(5-7-13)3-2-9-18/h4-8,10H,9,11,18H2,1H3. The van der Waals surface area contributed by atoms with Crippen LogP contribution in [0.1, 0.15) is 21.5 Å². The molecule has 0 bridgehead atoms. The van der Waals surface area contributed by atoms with Gasteiger partial charge in [-0.1, -0.05) is 24.0 Å². The number of hydrogen-bond donors (Lipinski definition) is 1. The average Bonchev–Trinajstić information content (AvgIpc) is 2.92. The normalized spacial score (nSPS) is 9.86. The second kappa shape index (κ2) is 6.98. The SMILES string of the molecule is CN(Cc1ccc(C#CCN)cc1)C(=O)c1ccoc1Cl. The molecule has 5 heteroatoms. The fourth-order valence-corrected chi connectivity index (χ4v) is 2.04. The van der Waals surface area contributed by atoms with E-state index in [1.807, 2.05) is 24.3 Å². The van der Waals surface area contributed by atoms with Crippen LogP contribution in [0.15, 0.2) is 41.0 Å². The molecule has 0 aliphatic rings. The zero-order valence-corrected chi connectivity index (χ0v) is 12.4. The van der Waals surface area contributed by atoms with E-state index in [1.54, 1.807) is 18.0 Å². The van der Waals surface area contributed by atoms with Gasteiger partial charge in [0, 0.05) is 19.2 Å². The van der Waals surface area contributed by atoms with Crippen LogP contribution in [0.3, 0.4) is 0 Å². The molecule has 0 saturated carbocycles. The summed E-state index contributed by atoms with van der Waals surface area (Å²) in [5.74, 6) is 5.57.